The third-order valence-corrected chi connectivity index (χ3v) is 5.73. The van der Waals surface area contributed by atoms with Gasteiger partial charge in [0.1, 0.15) is 0 Å². The maximum Gasteiger partial charge on any atom is 0.0813 e. The van der Waals surface area contributed by atoms with E-state index in [1.165, 1.54) is 57.8 Å². The number of hydrogen-bond donors (Lipinski definition) is 1. The second-order valence-electron chi connectivity index (χ2n) is 7.50. The van der Waals surface area contributed by atoms with Crippen LogP contribution in [0.15, 0.2) is 0 Å². The largest absolute Gasteiger partial charge is 0.369 e. The molecule has 1 aliphatic heterocycles. The van der Waals surface area contributed by atoms with Gasteiger partial charge in [0.2, 0.25) is 0 Å². The van der Waals surface area contributed by atoms with Crippen molar-refractivity contribution in [1.29, 1.82) is 0 Å². The lowest BCUT2D eigenvalue weighted by Gasteiger charge is -2.51. The molecule has 0 aromatic rings. The van der Waals surface area contributed by atoms with Crippen LogP contribution in [0.2, 0.25) is 0 Å². The topological polar surface area (TPSA) is 21.3 Å². The van der Waals surface area contributed by atoms with E-state index in [1.54, 1.807) is 0 Å². The molecule has 19 heavy (non-hydrogen) atoms. The summed E-state index contributed by atoms with van der Waals surface area (Å²) in [5, 5.41) is 3.87. The molecule has 5 atom stereocenters. The molecule has 5 unspecified atom stereocenters. The summed E-state index contributed by atoms with van der Waals surface area (Å²) in [5.74, 6) is 1.80. The van der Waals surface area contributed by atoms with Gasteiger partial charge in [-0.2, -0.15) is 0 Å². The molecule has 0 radical (unpaired) electrons. The van der Waals surface area contributed by atoms with Crippen molar-refractivity contribution >= 4 is 0 Å². The number of morpholine rings is 1. The molecule has 3 rings (SSSR count). The maximum atomic E-state index is 6.65. The van der Waals surface area contributed by atoms with E-state index in [1.807, 2.05) is 0 Å². The second-order valence-corrected chi connectivity index (χ2v) is 7.50. The molecule has 2 nitrogen and oxygen atoms in total. The first-order valence-corrected chi connectivity index (χ1v) is 8.62. The van der Waals surface area contributed by atoms with Crippen molar-refractivity contribution in [1.82, 2.24) is 5.32 Å². The van der Waals surface area contributed by atoms with Crippen LogP contribution in [-0.4, -0.2) is 24.3 Å². The Morgan fingerprint density at radius 1 is 1.26 bits per heavy atom. The molecule has 2 aliphatic carbocycles. The predicted octanol–water partition coefficient (Wildman–Crippen LogP) is 3.89. The highest BCUT2D eigenvalue weighted by atomic mass is 16.5. The summed E-state index contributed by atoms with van der Waals surface area (Å²) in [4.78, 5) is 0. The fraction of sp³-hybridized carbons (Fsp3) is 1.00. The maximum absolute atomic E-state index is 6.65. The van der Waals surface area contributed by atoms with Gasteiger partial charge in [-0.3, -0.25) is 0 Å². The van der Waals surface area contributed by atoms with Gasteiger partial charge >= 0.3 is 0 Å². The summed E-state index contributed by atoms with van der Waals surface area (Å²) >= 11 is 0. The average Bonchev–Trinajstić information content (AvgIpc) is 2.39. The highest BCUT2D eigenvalue weighted by Crippen LogP contribution is 2.41. The van der Waals surface area contributed by atoms with Gasteiger partial charge in [-0.25, -0.2) is 0 Å². The van der Waals surface area contributed by atoms with Crippen molar-refractivity contribution in [3.8, 4) is 0 Å². The SMILES string of the molecule is CCCC1CCC2OC3(CCCC(C)C3)CNC2C1. The summed E-state index contributed by atoms with van der Waals surface area (Å²) < 4.78 is 6.65. The van der Waals surface area contributed by atoms with Gasteiger partial charge in [-0.1, -0.05) is 39.5 Å². The molecule has 2 saturated carbocycles. The Kier molecular flexibility index (Phi) is 4.19. The summed E-state index contributed by atoms with van der Waals surface area (Å²) in [5.41, 5.74) is 0.191. The van der Waals surface area contributed by atoms with Crippen LogP contribution in [0.25, 0.3) is 0 Å². The van der Waals surface area contributed by atoms with Crippen LogP contribution >= 0.6 is 0 Å². The van der Waals surface area contributed by atoms with E-state index in [0.717, 1.165) is 18.4 Å². The first kappa shape index (κ1) is 13.9. The molecular formula is C17H31NO. The van der Waals surface area contributed by atoms with Crippen molar-refractivity contribution in [2.24, 2.45) is 11.8 Å². The molecule has 0 aromatic carbocycles. The molecule has 0 amide bonds. The van der Waals surface area contributed by atoms with Gasteiger partial charge in [0.05, 0.1) is 11.7 Å². The van der Waals surface area contributed by atoms with Gasteiger partial charge in [-0.15, -0.1) is 0 Å². The van der Waals surface area contributed by atoms with Crippen LogP contribution in [0.3, 0.4) is 0 Å². The molecule has 2 heteroatoms. The first-order chi connectivity index (χ1) is 9.21. The zero-order valence-corrected chi connectivity index (χ0v) is 12.8. The van der Waals surface area contributed by atoms with Gasteiger partial charge < -0.3 is 10.1 Å². The normalized spacial score (nSPS) is 47.1. The Labute approximate surface area is 118 Å². The van der Waals surface area contributed by atoms with Crippen LogP contribution in [-0.2, 0) is 4.74 Å². The van der Waals surface area contributed by atoms with Gasteiger partial charge in [0, 0.05) is 12.6 Å². The highest BCUT2D eigenvalue weighted by Gasteiger charge is 2.45. The number of ether oxygens (including phenoxy) is 1. The van der Waals surface area contributed by atoms with E-state index in [-0.39, 0.29) is 5.60 Å². The number of hydrogen-bond acceptors (Lipinski definition) is 2. The summed E-state index contributed by atoms with van der Waals surface area (Å²) in [6, 6.07) is 0.646. The molecule has 3 fully saturated rings. The Balaban J connectivity index is 1.60. The van der Waals surface area contributed by atoms with Crippen LogP contribution in [0, 0.1) is 11.8 Å². The third kappa shape index (κ3) is 3.00. The molecule has 1 heterocycles. The molecule has 0 bridgehead atoms. The van der Waals surface area contributed by atoms with Crippen LogP contribution < -0.4 is 5.32 Å². The lowest BCUT2D eigenvalue weighted by atomic mass is 9.75. The van der Waals surface area contributed by atoms with Crippen molar-refractivity contribution in [2.75, 3.05) is 6.54 Å². The monoisotopic (exact) mass is 265 g/mol. The second kappa shape index (κ2) is 5.73. The Hall–Kier alpha value is -0.0800. The zero-order valence-electron chi connectivity index (χ0n) is 12.8. The van der Waals surface area contributed by atoms with Crippen molar-refractivity contribution in [3.63, 3.8) is 0 Å². The zero-order chi connectivity index (χ0) is 13.3. The molecule has 1 saturated heterocycles. The summed E-state index contributed by atoms with van der Waals surface area (Å²) in [6.45, 7) is 5.82. The van der Waals surface area contributed by atoms with E-state index in [2.05, 4.69) is 19.2 Å². The quantitative estimate of drug-likeness (QED) is 0.818. The fourth-order valence-corrected chi connectivity index (χ4v) is 4.82. The average molecular weight is 265 g/mol. The highest BCUT2D eigenvalue weighted by molar-refractivity contribution is 4.99. The molecule has 1 N–H and O–H groups in total. The van der Waals surface area contributed by atoms with E-state index in [9.17, 15) is 0 Å². The minimum Gasteiger partial charge on any atom is -0.369 e. The minimum absolute atomic E-state index is 0.191. The van der Waals surface area contributed by atoms with Gasteiger partial charge in [0.15, 0.2) is 0 Å². The van der Waals surface area contributed by atoms with E-state index >= 15 is 0 Å². The molecule has 1 spiro atoms. The van der Waals surface area contributed by atoms with E-state index in [0.29, 0.717) is 12.1 Å². The standard InChI is InChI=1S/C17H31NO/c1-3-5-14-7-8-16-15(10-14)18-12-17(19-16)9-4-6-13(2)11-17/h13-16,18H,3-12H2,1-2H3. The lowest BCUT2D eigenvalue weighted by molar-refractivity contribution is -0.170. The van der Waals surface area contributed by atoms with E-state index in [4.69, 9.17) is 4.74 Å². The molecule has 0 aromatic heterocycles. The minimum atomic E-state index is 0.191. The van der Waals surface area contributed by atoms with Crippen LogP contribution in [0.4, 0.5) is 0 Å². The Morgan fingerprint density at radius 3 is 2.95 bits per heavy atom. The van der Waals surface area contributed by atoms with Gasteiger partial charge in [0.25, 0.3) is 0 Å². The van der Waals surface area contributed by atoms with Crippen molar-refractivity contribution < 1.29 is 4.74 Å². The van der Waals surface area contributed by atoms with Crippen LogP contribution in [0.5, 0.6) is 0 Å². The summed E-state index contributed by atoms with van der Waals surface area (Å²) in [7, 11) is 0. The van der Waals surface area contributed by atoms with Crippen molar-refractivity contribution in [3.05, 3.63) is 0 Å². The lowest BCUT2D eigenvalue weighted by Crippen LogP contribution is -2.61. The predicted molar refractivity (Wildman–Crippen MR) is 79.3 cm³/mol. The number of rotatable bonds is 2. The fourth-order valence-electron chi connectivity index (χ4n) is 4.82. The molecule has 3 aliphatic rings. The Bertz CT molecular complexity index is 306. The smallest absolute Gasteiger partial charge is 0.0813 e. The first-order valence-electron chi connectivity index (χ1n) is 8.62. The molecule has 110 valence electrons. The van der Waals surface area contributed by atoms with Crippen molar-refractivity contribution in [2.45, 2.75) is 89.4 Å². The van der Waals surface area contributed by atoms with E-state index < -0.39 is 0 Å². The van der Waals surface area contributed by atoms with Crippen LogP contribution in [0.1, 0.15) is 71.6 Å². The summed E-state index contributed by atoms with van der Waals surface area (Å²) in [6.07, 6.45) is 12.6. The Morgan fingerprint density at radius 2 is 2.16 bits per heavy atom. The third-order valence-electron chi connectivity index (χ3n) is 5.73. The van der Waals surface area contributed by atoms with Gasteiger partial charge in [-0.05, 0) is 43.9 Å². The number of nitrogens with one attached hydrogen (secondary N) is 1. The number of fused-ring (bicyclic) bond motifs is 1. The molecular weight excluding hydrogens is 234 g/mol.